The Morgan fingerprint density at radius 3 is 2.26 bits per heavy atom. The minimum atomic E-state index is -3.73. The molecule has 1 aliphatic rings. The first-order valence-electron chi connectivity index (χ1n) is 8.91. The Bertz CT molecular complexity index is 1020. The smallest absolute Gasteiger partial charge is 0.238 e. The molecule has 0 radical (unpaired) electrons. The number of oxazole rings is 1. The molecule has 140 valence electrons. The highest BCUT2D eigenvalue weighted by molar-refractivity contribution is 7.89. The predicted octanol–water partition coefficient (Wildman–Crippen LogP) is 3.25. The average molecular weight is 383 g/mol. The molecule has 0 bridgehead atoms. The maximum atomic E-state index is 11.5. The van der Waals surface area contributed by atoms with Crippen LogP contribution in [0.2, 0.25) is 0 Å². The second kappa shape index (κ2) is 7.26. The van der Waals surface area contributed by atoms with E-state index in [0.717, 1.165) is 29.9 Å². The van der Waals surface area contributed by atoms with Crippen LogP contribution in [0.25, 0.3) is 22.6 Å². The van der Waals surface area contributed by atoms with Gasteiger partial charge in [0.05, 0.1) is 11.4 Å². The van der Waals surface area contributed by atoms with E-state index < -0.39 is 10.0 Å². The van der Waals surface area contributed by atoms with Crippen LogP contribution >= 0.6 is 0 Å². The zero-order valence-electron chi connectivity index (χ0n) is 14.8. The van der Waals surface area contributed by atoms with Gasteiger partial charge in [-0.05, 0) is 50.2 Å². The van der Waals surface area contributed by atoms with Crippen LogP contribution in [0.15, 0.2) is 63.9 Å². The fourth-order valence-electron chi connectivity index (χ4n) is 3.35. The number of hydrogen-bond acceptors (Lipinski definition) is 5. The Labute approximate surface area is 158 Å². The molecule has 0 amide bonds. The van der Waals surface area contributed by atoms with Crippen LogP contribution in [0.4, 0.5) is 0 Å². The van der Waals surface area contributed by atoms with Crippen molar-refractivity contribution in [2.45, 2.75) is 24.3 Å². The average Bonchev–Trinajstić information content (AvgIpc) is 3.32. The first kappa shape index (κ1) is 17.9. The lowest BCUT2D eigenvalue weighted by molar-refractivity contribution is 0.292. The summed E-state index contributed by atoms with van der Waals surface area (Å²) in [6.07, 6.45) is 2.41. The van der Waals surface area contributed by atoms with Crippen molar-refractivity contribution in [3.05, 3.63) is 60.5 Å². The van der Waals surface area contributed by atoms with Crippen LogP contribution in [0.5, 0.6) is 0 Å². The molecular formula is C20H21N3O3S. The summed E-state index contributed by atoms with van der Waals surface area (Å²) in [5.41, 5.74) is 2.48. The maximum absolute atomic E-state index is 11.5. The largest absolute Gasteiger partial charge is 0.439 e. The Hall–Kier alpha value is -2.48. The van der Waals surface area contributed by atoms with Crippen molar-refractivity contribution in [2.24, 2.45) is 5.14 Å². The van der Waals surface area contributed by atoms with E-state index in [-0.39, 0.29) is 4.90 Å². The predicted molar refractivity (Wildman–Crippen MR) is 103 cm³/mol. The summed E-state index contributed by atoms with van der Waals surface area (Å²) in [6.45, 7) is 2.79. The Kier molecular flexibility index (Phi) is 4.82. The quantitative estimate of drug-likeness (QED) is 0.730. The number of benzene rings is 2. The Morgan fingerprint density at radius 2 is 1.63 bits per heavy atom. The summed E-state index contributed by atoms with van der Waals surface area (Å²) >= 11 is 0. The third-order valence-corrected chi connectivity index (χ3v) is 5.65. The van der Waals surface area contributed by atoms with Crippen LogP contribution in [-0.4, -0.2) is 31.4 Å². The van der Waals surface area contributed by atoms with Gasteiger partial charge in [-0.3, -0.25) is 4.90 Å². The lowest BCUT2D eigenvalue weighted by Gasteiger charge is -2.10. The van der Waals surface area contributed by atoms with Gasteiger partial charge in [-0.2, -0.15) is 0 Å². The molecule has 2 aromatic carbocycles. The van der Waals surface area contributed by atoms with Gasteiger partial charge in [0.2, 0.25) is 15.9 Å². The van der Waals surface area contributed by atoms with Gasteiger partial charge >= 0.3 is 0 Å². The van der Waals surface area contributed by atoms with Crippen LogP contribution in [0.3, 0.4) is 0 Å². The molecule has 1 saturated heterocycles. The van der Waals surface area contributed by atoms with Gasteiger partial charge in [-0.25, -0.2) is 18.5 Å². The molecule has 0 saturated carbocycles. The van der Waals surface area contributed by atoms with Crippen LogP contribution < -0.4 is 5.14 Å². The minimum absolute atomic E-state index is 0.0734. The summed E-state index contributed by atoms with van der Waals surface area (Å²) in [5.74, 6) is 1.30. The van der Waals surface area contributed by atoms with E-state index in [9.17, 15) is 8.42 Å². The molecular weight excluding hydrogens is 362 g/mol. The van der Waals surface area contributed by atoms with Crippen LogP contribution in [-0.2, 0) is 16.6 Å². The molecule has 1 aromatic heterocycles. The lowest BCUT2D eigenvalue weighted by Crippen LogP contribution is -2.18. The number of rotatable bonds is 5. The van der Waals surface area contributed by atoms with Crippen molar-refractivity contribution in [3.63, 3.8) is 0 Å². The fourth-order valence-corrected chi connectivity index (χ4v) is 3.86. The summed E-state index contributed by atoms with van der Waals surface area (Å²) in [4.78, 5) is 7.14. The molecule has 0 spiro atoms. The van der Waals surface area contributed by atoms with E-state index in [1.165, 1.54) is 25.0 Å². The molecule has 0 aliphatic carbocycles. The topological polar surface area (TPSA) is 89.4 Å². The van der Waals surface area contributed by atoms with Gasteiger partial charge in [0.15, 0.2) is 5.76 Å². The van der Waals surface area contributed by atoms with Gasteiger partial charge < -0.3 is 4.42 Å². The van der Waals surface area contributed by atoms with Gasteiger partial charge in [0, 0.05) is 11.1 Å². The number of nitrogens with two attached hydrogens (primary N) is 1. The van der Waals surface area contributed by atoms with E-state index in [1.54, 1.807) is 12.1 Å². The third kappa shape index (κ3) is 3.95. The molecule has 4 rings (SSSR count). The van der Waals surface area contributed by atoms with Gasteiger partial charge in [-0.1, -0.05) is 30.3 Å². The molecule has 3 aromatic rings. The first-order valence-corrected chi connectivity index (χ1v) is 10.5. The van der Waals surface area contributed by atoms with E-state index in [2.05, 4.69) is 4.90 Å². The van der Waals surface area contributed by atoms with Crippen molar-refractivity contribution >= 4 is 10.0 Å². The lowest BCUT2D eigenvalue weighted by atomic mass is 10.1. The second-order valence-electron chi connectivity index (χ2n) is 6.70. The molecule has 2 N–H and O–H groups in total. The van der Waals surface area contributed by atoms with Crippen molar-refractivity contribution in [2.75, 3.05) is 13.1 Å². The van der Waals surface area contributed by atoms with Crippen LogP contribution in [0.1, 0.15) is 18.7 Å². The minimum Gasteiger partial charge on any atom is -0.439 e. The summed E-state index contributed by atoms with van der Waals surface area (Å²) in [7, 11) is -3.73. The van der Waals surface area contributed by atoms with E-state index in [4.69, 9.17) is 14.5 Å². The summed E-state index contributed by atoms with van der Waals surface area (Å²) in [6, 6.07) is 16.2. The number of aromatic nitrogens is 1. The highest BCUT2D eigenvalue weighted by Crippen LogP contribution is 2.33. The Balaban J connectivity index is 1.74. The number of hydrogen-bond donors (Lipinski definition) is 1. The van der Waals surface area contributed by atoms with Gasteiger partial charge in [0.1, 0.15) is 5.69 Å². The van der Waals surface area contributed by atoms with Crippen molar-refractivity contribution < 1.29 is 12.8 Å². The molecule has 27 heavy (non-hydrogen) atoms. The Morgan fingerprint density at radius 1 is 0.963 bits per heavy atom. The molecule has 6 nitrogen and oxygen atoms in total. The molecule has 1 fully saturated rings. The first-order chi connectivity index (χ1) is 13.0. The molecule has 0 atom stereocenters. The fraction of sp³-hybridized carbons (Fsp3) is 0.250. The van der Waals surface area contributed by atoms with Crippen molar-refractivity contribution in [1.82, 2.24) is 9.88 Å². The van der Waals surface area contributed by atoms with Crippen molar-refractivity contribution in [3.8, 4) is 22.6 Å². The summed E-state index contributed by atoms with van der Waals surface area (Å²) < 4.78 is 29.1. The zero-order chi connectivity index (χ0) is 18.9. The van der Waals surface area contributed by atoms with E-state index >= 15 is 0 Å². The maximum Gasteiger partial charge on any atom is 0.238 e. The van der Waals surface area contributed by atoms with Gasteiger partial charge in [-0.15, -0.1) is 0 Å². The molecule has 0 unspecified atom stereocenters. The number of primary sulfonamides is 1. The van der Waals surface area contributed by atoms with Crippen LogP contribution in [0, 0.1) is 0 Å². The SMILES string of the molecule is NS(=O)(=O)c1ccc(-c2oc(CN3CCCC3)nc2-c2ccccc2)cc1. The molecule has 1 aliphatic heterocycles. The highest BCUT2D eigenvalue weighted by atomic mass is 32.2. The standard InChI is InChI=1S/C20H21N3O3S/c21-27(24,25)17-10-8-16(9-11-17)20-19(15-6-2-1-3-7-15)22-18(26-20)14-23-12-4-5-13-23/h1-3,6-11H,4-5,12-14H2,(H2,21,24,25). The zero-order valence-corrected chi connectivity index (χ0v) is 15.7. The third-order valence-electron chi connectivity index (χ3n) is 4.72. The highest BCUT2D eigenvalue weighted by Gasteiger charge is 2.20. The normalized spacial score (nSPS) is 15.3. The number of nitrogens with zero attached hydrogens (tertiary/aromatic N) is 2. The monoisotopic (exact) mass is 383 g/mol. The van der Waals surface area contributed by atoms with Crippen molar-refractivity contribution in [1.29, 1.82) is 0 Å². The number of sulfonamides is 1. The van der Waals surface area contributed by atoms with E-state index in [0.29, 0.717) is 18.2 Å². The second-order valence-corrected chi connectivity index (χ2v) is 8.27. The van der Waals surface area contributed by atoms with E-state index in [1.807, 2.05) is 30.3 Å². The summed E-state index contributed by atoms with van der Waals surface area (Å²) in [5, 5.41) is 5.19. The van der Waals surface area contributed by atoms with Gasteiger partial charge in [0.25, 0.3) is 0 Å². The number of likely N-dealkylation sites (tertiary alicyclic amines) is 1. The molecule has 2 heterocycles. The molecule has 7 heteroatoms.